The molecule has 0 fully saturated rings. The molecule has 3 aromatic rings. The van der Waals surface area contributed by atoms with Gasteiger partial charge in [0.1, 0.15) is 5.75 Å². The first-order valence-corrected chi connectivity index (χ1v) is 10.2. The van der Waals surface area contributed by atoms with Crippen LogP contribution in [0.2, 0.25) is 0 Å². The van der Waals surface area contributed by atoms with Gasteiger partial charge >= 0.3 is 0 Å². The summed E-state index contributed by atoms with van der Waals surface area (Å²) in [6.45, 7) is 0. The zero-order chi connectivity index (χ0) is 20.4. The Kier molecular flexibility index (Phi) is 5.40. The number of nitrogens with zero attached hydrogens (tertiary/aromatic N) is 1. The molecule has 0 atom stereocenters. The van der Waals surface area contributed by atoms with Crippen molar-refractivity contribution in [3.63, 3.8) is 0 Å². The lowest BCUT2D eigenvalue weighted by Crippen LogP contribution is -2.13. The highest BCUT2D eigenvalue weighted by molar-refractivity contribution is 7.14. The van der Waals surface area contributed by atoms with Crippen LogP contribution in [0.1, 0.15) is 27.9 Å². The topological polar surface area (TPSA) is 69.7 Å². The standard InChI is InChI=1S/C22H22N2O4S/c1-26-18-11-20(28-3)19(27-2)10-16(18)21(25)24-22-23-17(12-29-22)15-8-7-13-5-4-6-14(13)9-15/h7-12H,4-6H2,1-3H3,(H,23,24,25). The van der Waals surface area contributed by atoms with Gasteiger partial charge in [0, 0.05) is 23.1 Å². The lowest BCUT2D eigenvalue weighted by molar-refractivity contribution is 0.102. The Hall–Kier alpha value is -3.06. The first kappa shape index (κ1) is 19.3. The monoisotopic (exact) mass is 410 g/mol. The number of anilines is 1. The number of rotatable bonds is 6. The number of hydrogen-bond acceptors (Lipinski definition) is 6. The van der Waals surface area contributed by atoms with Gasteiger partial charge in [-0.05, 0) is 36.5 Å². The summed E-state index contributed by atoms with van der Waals surface area (Å²) >= 11 is 1.39. The first-order valence-electron chi connectivity index (χ1n) is 9.32. The maximum atomic E-state index is 12.8. The van der Waals surface area contributed by atoms with Crippen molar-refractivity contribution in [2.24, 2.45) is 0 Å². The molecule has 29 heavy (non-hydrogen) atoms. The van der Waals surface area contributed by atoms with Crippen LogP contribution < -0.4 is 19.5 Å². The third-order valence-electron chi connectivity index (χ3n) is 5.07. The Balaban J connectivity index is 1.57. The third-order valence-corrected chi connectivity index (χ3v) is 5.83. The smallest absolute Gasteiger partial charge is 0.261 e. The molecule has 1 amide bonds. The van der Waals surface area contributed by atoms with E-state index in [2.05, 4.69) is 28.5 Å². The molecule has 0 spiro atoms. The summed E-state index contributed by atoms with van der Waals surface area (Å²) in [6, 6.07) is 9.72. The molecule has 1 aliphatic carbocycles. The van der Waals surface area contributed by atoms with Gasteiger partial charge in [-0.25, -0.2) is 4.98 Å². The van der Waals surface area contributed by atoms with Crippen molar-refractivity contribution in [3.05, 3.63) is 52.4 Å². The van der Waals surface area contributed by atoms with Crippen LogP contribution in [0.25, 0.3) is 11.3 Å². The number of benzene rings is 2. The second-order valence-electron chi connectivity index (χ2n) is 6.74. The van der Waals surface area contributed by atoms with Crippen molar-refractivity contribution >= 4 is 22.4 Å². The molecule has 6 nitrogen and oxygen atoms in total. The average molecular weight is 410 g/mol. The molecule has 2 aromatic carbocycles. The number of aromatic nitrogens is 1. The Bertz CT molecular complexity index is 1060. The Morgan fingerprint density at radius 1 is 0.966 bits per heavy atom. The van der Waals surface area contributed by atoms with Crippen LogP contribution in [-0.2, 0) is 12.8 Å². The van der Waals surface area contributed by atoms with E-state index in [-0.39, 0.29) is 5.91 Å². The molecule has 0 saturated heterocycles. The van der Waals surface area contributed by atoms with Gasteiger partial charge in [0.05, 0.1) is 32.6 Å². The maximum Gasteiger partial charge on any atom is 0.261 e. The summed E-state index contributed by atoms with van der Waals surface area (Å²) in [6.07, 6.45) is 3.49. The molecule has 1 heterocycles. The third kappa shape index (κ3) is 3.78. The van der Waals surface area contributed by atoms with Crippen molar-refractivity contribution in [2.75, 3.05) is 26.6 Å². The number of carbonyl (C=O) groups excluding carboxylic acids is 1. The molecule has 0 bridgehead atoms. The van der Waals surface area contributed by atoms with Crippen molar-refractivity contribution < 1.29 is 19.0 Å². The van der Waals surface area contributed by atoms with Gasteiger partial charge in [-0.3, -0.25) is 10.1 Å². The number of methoxy groups -OCH3 is 3. The summed E-state index contributed by atoms with van der Waals surface area (Å²) in [5.41, 5.74) is 5.11. The van der Waals surface area contributed by atoms with E-state index < -0.39 is 0 Å². The van der Waals surface area contributed by atoms with Crippen molar-refractivity contribution in [1.29, 1.82) is 0 Å². The van der Waals surface area contributed by atoms with Crippen LogP contribution in [0.15, 0.2) is 35.7 Å². The highest BCUT2D eigenvalue weighted by Crippen LogP contribution is 2.35. The zero-order valence-corrected chi connectivity index (χ0v) is 17.4. The van der Waals surface area contributed by atoms with E-state index in [1.165, 1.54) is 50.2 Å². The molecule has 7 heteroatoms. The fraction of sp³-hybridized carbons (Fsp3) is 0.273. The SMILES string of the molecule is COc1cc(OC)c(C(=O)Nc2nc(-c3ccc4c(c3)CCC4)cs2)cc1OC. The van der Waals surface area contributed by atoms with Crippen LogP contribution in [0.4, 0.5) is 5.13 Å². The second kappa shape index (κ2) is 8.13. The lowest BCUT2D eigenvalue weighted by atomic mass is 10.1. The number of aryl methyl sites for hydroxylation is 2. The number of nitrogens with one attached hydrogen (secondary N) is 1. The van der Waals surface area contributed by atoms with E-state index in [1.807, 2.05) is 5.38 Å². The molecule has 4 rings (SSSR count). The van der Waals surface area contributed by atoms with Crippen molar-refractivity contribution in [3.8, 4) is 28.5 Å². The van der Waals surface area contributed by atoms with Gasteiger partial charge in [-0.1, -0.05) is 12.1 Å². The number of amides is 1. The first-order chi connectivity index (χ1) is 14.1. The molecule has 1 N–H and O–H groups in total. The summed E-state index contributed by atoms with van der Waals surface area (Å²) in [4.78, 5) is 17.4. The summed E-state index contributed by atoms with van der Waals surface area (Å²) < 4.78 is 15.9. The van der Waals surface area contributed by atoms with E-state index in [9.17, 15) is 4.79 Å². The fourth-order valence-corrected chi connectivity index (χ4v) is 4.28. The average Bonchev–Trinajstić information content (AvgIpc) is 3.41. The van der Waals surface area contributed by atoms with E-state index in [4.69, 9.17) is 14.2 Å². The summed E-state index contributed by atoms with van der Waals surface area (Å²) in [5.74, 6) is 1.03. The second-order valence-corrected chi connectivity index (χ2v) is 7.59. The number of ether oxygens (including phenoxy) is 3. The van der Waals surface area contributed by atoms with E-state index >= 15 is 0 Å². The fourth-order valence-electron chi connectivity index (χ4n) is 3.57. The lowest BCUT2D eigenvalue weighted by Gasteiger charge is -2.13. The Labute approximate surface area is 173 Å². The molecule has 150 valence electrons. The van der Waals surface area contributed by atoms with E-state index in [1.54, 1.807) is 12.1 Å². The molecule has 1 aliphatic rings. The van der Waals surface area contributed by atoms with E-state index in [0.717, 1.165) is 24.1 Å². The van der Waals surface area contributed by atoms with Gasteiger partial charge in [0.15, 0.2) is 16.6 Å². The molecule has 0 aliphatic heterocycles. The molecule has 0 unspecified atom stereocenters. The Morgan fingerprint density at radius 2 is 1.69 bits per heavy atom. The van der Waals surface area contributed by atoms with Gasteiger partial charge in [-0.2, -0.15) is 0 Å². The van der Waals surface area contributed by atoms with Gasteiger partial charge < -0.3 is 14.2 Å². The quantitative estimate of drug-likeness (QED) is 0.644. The van der Waals surface area contributed by atoms with Crippen molar-refractivity contribution in [1.82, 2.24) is 4.98 Å². The normalized spacial score (nSPS) is 12.4. The van der Waals surface area contributed by atoms with Crippen LogP contribution in [-0.4, -0.2) is 32.2 Å². The van der Waals surface area contributed by atoms with Gasteiger partial charge in [0.2, 0.25) is 0 Å². The van der Waals surface area contributed by atoms with Crippen LogP contribution in [0.3, 0.4) is 0 Å². The minimum absolute atomic E-state index is 0.322. The minimum atomic E-state index is -0.322. The van der Waals surface area contributed by atoms with Gasteiger partial charge in [-0.15, -0.1) is 11.3 Å². The largest absolute Gasteiger partial charge is 0.496 e. The predicted octanol–water partition coefficient (Wildman–Crippen LogP) is 4.58. The highest BCUT2D eigenvalue weighted by Gasteiger charge is 2.19. The number of hydrogen-bond donors (Lipinski definition) is 1. The maximum absolute atomic E-state index is 12.8. The molecular formula is C22H22N2O4S. The summed E-state index contributed by atoms with van der Waals surface area (Å²) in [5, 5.41) is 5.34. The minimum Gasteiger partial charge on any atom is -0.496 e. The predicted molar refractivity (Wildman–Crippen MR) is 114 cm³/mol. The van der Waals surface area contributed by atoms with Gasteiger partial charge in [0.25, 0.3) is 5.91 Å². The molecule has 0 saturated carbocycles. The van der Waals surface area contributed by atoms with Crippen LogP contribution in [0.5, 0.6) is 17.2 Å². The van der Waals surface area contributed by atoms with Crippen LogP contribution >= 0.6 is 11.3 Å². The Morgan fingerprint density at radius 3 is 2.45 bits per heavy atom. The molecular weight excluding hydrogens is 388 g/mol. The highest BCUT2D eigenvalue weighted by atomic mass is 32.1. The number of thiazole rings is 1. The van der Waals surface area contributed by atoms with E-state index in [0.29, 0.717) is 27.9 Å². The number of carbonyl (C=O) groups is 1. The number of fused-ring (bicyclic) bond motifs is 1. The summed E-state index contributed by atoms with van der Waals surface area (Å²) in [7, 11) is 4.57. The molecule has 1 aromatic heterocycles. The van der Waals surface area contributed by atoms with Crippen molar-refractivity contribution in [2.45, 2.75) is 19.3 Å². The molecule has 0 radical (unpaired) electrons. The van der Waals surface area contributed by atoms with Crippen LogP contribution in [0, 0.1) is 0 Å². The zero-order valence-electron chi connectivity index (χ0n) is 16.6.